The number of imidazole rings is 1. The maximum Gasteiger partial charge on any atom is 0.381 e. The van der Waals surface area contributed by atoms with Gasteiger partial charge in [0.25, 0.3) is 0 Å². The standard InChI is InChI=1S/C25H23N3O9/c1-32-18-4-12(5-19(33-2)24(18)34-3)21-13-6-16-17(37-11-36-16)7-14(13)23(15-9-35-25(29)22(15)21)27-8-20(26-10-27)28(30)31/h4-8,10,15,21-23H,9,11H2,1-3H3/t15-,21+,22-,23+/m0/s1. The Kier molecular flexibility index (Phi) is 5.32. The number of hydrogen-bond donors (Lipinski definition) is 0. The third-order valence-electron chi connectivity index (χ3n) is 7.29. The van der Waals surface area contributed by atoms with Gasteiger partial charge in [-0.2, -0.15) is 0 Å². The Bertz CT molecular complexity index is 1390. The minimum Gasteiger partial charge on any atom is -0.493 e. The van der Waals surface area contributed by atoms with Gasteiger partial charge in [-0.25, -0.2) is 0 Å². The highest BCUT2D eigenvalue weighted by Crippen LogP contribution is 2.56. The fraction of sp³-hybridized carbons (Fsp3) is 0.360. The lowest BCUT2D eigenvalue weighted by Gasteiger charge is -2.39. The van der Waals surface area contributed by atoms with E-state index in [-0.39, 0.29) is 31.1 Å². The van der Waals surface area contributed by atoms with E-state index >= 15 is 0 Å². The minimum absolute atomic E-state index is 0.0726. The van der Waals surface area contributed by atoms with Crippen molar-refractivity contribution in [2.75, 3.05) is 34.7 Å². The van der Waals surface area contributed by atoms with Crippen molar-refractivity contribution in [3.63, 3.8) is 0 Å². The number of esters is 1. The predicted molar refractivity (Wildman–Crippen MR) is 125 cm³/mol. The van der Waals surface area contributed by atoms with Crippen LogP contribution < -0.4 is 23.7 Å². The summed E-state index contributed by atoms with van der Waals surface area (Å²) < 4.78 is 35.3. The molecule has 12 heteroatoms. The summed E-state index contributed by atoms with van der Waals surface area (Å²) in [7, 11) is 4.58. The average Bonchev–Trinajstić information content (AvgIpc) is 3.65. The number of cyclic esters (lactones) is 1. The summed E-state index contributed by atoms with van der Waals surface area (Å²) in [5, 5.41) is 11.4. The zero-order valence-electron chi connectivity index (χ0n) is 20.2. The van der Waals surface area contributed by atoms with Crippen molar-refractivity contribution in [3.05, 3.63) is 63.6 Å². The molecular weight excluding hydrogens is 486 g/mol. The van der Waals surface area contributed by atoms with Crippen molar-refractivity contribution in [3.8, 4) is 28.7 Å². The zero-order chi connectivity index (χ0) is 25.8. The Labute approximate surface area is 210 Å². The largest absolute Gasteiger partial charge is 0.493 e. The molecule has 192 valence electrons. The van der Waals surface area contributed by atoms with Gasteiger partial charge >= 0.3 is 11.8 Å². The molecule has 1 saturated heterocycles. The summed E-state index contributed by atoms with van der Waals surface area (Å²) >= 11 is 0. The molecule has 0 N–H and O–H groups in total. The molecule has 6 rings (SSSR count). The van der Waals surface area contributed by atoms with Crippen LogP contribution in [-0.4, -0.2) is 55.2 Å². The van der Waals surface area contributed by atoms with Gasteiger partial charge in [-0.1, -0.05) is 0 Å². The van der Waals surface area contributed by atoms with Crippen molar-refractivity contribution < 1.29 is 38.1 Å². The lowest BCUT2D eigenvalue weighted by Crippen LogP contribution is -2.37. The summed E-state index contributed by atoms with van der Waals surface area (Å²) in [6, 6.07) is 6.93. The first-order valence-electron chi connectivity index (χ1n) is 11.5. The van der Waals surface area contributed by atoms with Crippen LogP contribution in [0.15, 0.2) is 36.8 Å². The fourth-order valence-electron chi connectivity index (χ4n) is 5.77. The number of carbonyl (C=O) groups is 1. The van der Waals surface area contributed by atoms with Gasteiger partial charge < -0.3 is 43.1 Å². The number of methoxy groups -OCH3 is 3. The van der Waals surface area contributed by atoms with E-state index in [4.69, 9.17) is 28.4 Å². The van der Waals surface area contributed by atoms with E-state index in [9.17, 15) is 14.9 Å². The molecule has 3 heterocycles. The van der Waals surface area contributed by atoms with Crippen molar-refractivity contribution >= 4 is 11.8 Å². The molecule has 12 nitrogen and oxygen atoms in total. The fourth-order valence-corrected chi connectivity index (χ4v) is 5.77. The van der Waals surface area contributed by atoms with E-state index in [1.807, 2.05) is 24.3 Å². The zero-order valence-corrected chi connectivity index (χ0v) is 20.2. The first-order valence-corrected chi connectivity index (χ1v) is 11.5. The Hall–Kier alpha value is -4.48. The lowest BCUT2D eigenvalue weighted by molar-refractivity contribution is -0.389. The predicted octanol–water partition coefficient (Wildman–Crippen LogP) is 3.07. The van der Waals surface area contributed by atoms with Crippen molar-refractivity contribution in [2.45, 2.75) is 12.0 Å². The normalized spacial score (nSPS) is 23.2. The topological polar surface area (TPSA) is 133 Å². The van der Waals surface area contributed by atoms with Gasteiger partial charge in [-0.3, -0.25) is 4.79 Å². The molecule has 4 atom stereocenters. The average molecular weight is 509 g/mol. The van der Waals surface area contributed by atoms with Crippen LogP contribution in [0.5, 0.6) is 28.7 Å². The van der Waals surface area contributed by atoms with Gasteiger partial charge in [-0.15, -0.1) is 0 Å². The Balaban J connectivity index is 1.60. The highest BCUT2D eigenvalue weighted by Gasteiger charge is 2.53. The maximum absolute atomic E-state index is 13.3. The molecule has 1 fully saturated rings. The number of nitro groups is 1. The van der Waals surface area contributed by atoms with Gasteiger partial charge in [0.1, 0.15) is 6.20 Å². The SMILES string of the molecule is COc1cc([C@@H]2c3cc4c(cc3[C@@H](n3cnc([N+](=O)[O-])c3)[C@H]3COC(=O)[C@H]23)OCO4)cc(OC)c1OC. The minimum atomic E-state index is -0.595. The molecular formula is C25H23N3O9. The van der Waals surface area contributed by atoms with Crippen LogP contribution in [0.3, 0.4) is 0 Å². The van der Waals surface area contributed by atoms with E-state index in [1.165, 1.54) is 33.9 Å². The quantitative estimate of drug-likeness (QED) is 0.277. The third kappa shape index (κ3) is 3.43. The number of rotatable bonds is 6. The Morgan fingerprint density at radius 2 is 1.68 bits per heavy atom. The smallest absolute Gasteiger partial charge is 0.381 e. The van der Waals surface area contributed by atoms with Gasteiger partial charge in [0.15, 0.2) is 23.0 Å². The van der Waals surface area contributed by atoms with Crippen LogP contribution in [0.2, 0.25) is 0 Å². The van der Waals surface area contributed by atoms with E-state index in [0.29, 0.717) is 28.7 Å². The molecule has 2 aliphatic heterocycles. The first-order chi connectivity index (χ1) is 17.9. The van der Waals surface area contributed by atoms with Crippen molar-refractivity contribution in [1.82, 2.24) is 9.55 Å². The Morgan fingerprint density at radius 1 is 1.00 bits per heavy atom. The maximum atomic E-state index is 13.3. The number of ether oxygens (including phenoxy) is 6. The molecule has 2 aromatic carbocycles. The summed E-state index contributed by atoms with van der Waals surface area (Å²) in [4.78, 5) is 28.0. The molecule has 0 unspecified atom stereocenters. The van der Waals surface area contributed by atoms with Crippen LogP contribution in [-0.2, 0) is 9.53 Å². The summed E-state index contributed by atoms with van der Waals surface area (Å²) in [6.45, 7) is 0.220. The molecule has 37 heavy (non-hydrogen) atoms. The van der Waals surface area contributed by atoms with Gasteiger partial charge in [0.05, 0.1) is 39.9 Å². The molecule has 0 amide bonds. The molecule has 0 bridgehead atoms. The number of carbonyl (C=O) groups excluding carboxylic acids is 1. The number of nitrogens with zero attached hydrogens (tertiary/aromatic N) is 3. The molecule has 0 radical (unpaired) electrons. The van der Waals surface area contributed by atoms with Gasteiger partial charge in [0.2, 0.25) is 18.9 Å². The second-order valence-electron chi connectivity index (χ2n) is 8.97. The summed E-state index contributed by atoms with van der Waals surface area (Å²) in [5.41, 5.74) is 2.40. The first kappa shape index (κ1) is 23.0. The second-order valence-corrected chi connectivity index (χ2v) is 8.97. The van der Waals surface area contributed by atoms with E-state index in [0.717, 1.165) is 16.7 Å². The molecule has 3 aliphatic rings. The van der Waals surface area contributed by atoms with E-state index in [2.05, 4.69) is 4.98 Å². The van der Waals surface area contributed by atoms with Crippen LogP contribution in [0.1, 0.15) is 28.7 Å². The molecule has 0 spiro atoms. The number of fused-ring (bicyclic) bond motifs is 3. The monoisotopic (exact) mass is 509 g/mol. The lowest BCUT2D eigenvalue weighted by atomic mass is 9.65. The van der Waals surface area contributed by atoms with Crippen LogP contribution in [0.25, 0.3) is 0 Å². The molecule has 0 saturated carbocycles. The second kappa shape index (κ2) is 8.57. The molecule has 3 aromatic rings. The highest BCUT2D eigenvalue weighted by atomic mass is 16.7. The van der Waals surface area contributed by atoms with Crippen molar-refractivity contribution in [1.29, 1.82) is 0 Å². The van der Waals surface area contributed by atoms with Gasteiger partial charge in [0, 0.05) is 11.8 Å². The van der Waals surface area contributed by atoms with E-state index in [1.54, 1.807) is 4.57 Å². The van der Waals surface area contributed by atoms with Crippen LogP contribution in [0, 0.1) is 22.0 Å². The Morgan fingerprint density at radius 3 is 2.27 bits per heavy atom. The number of aromatic nitrogens is 2. The third-order valence-corrected chi connectivity index (χ3v) is 7.29. The molecule has 1 aliphatic carbocycles. The van der Waals surface area contributed by atoms with E-state index < -0.39 is 22.8 Å². The van der Waals surface area contributed by atoms with Crippen molar-refractivity contribution in [2.24, 2.45) is 11.8 Å². The highest BCUT2D eigenvalue weighted by molar-refractivity contribution is 5.79. The molecule has 1 aromatic heterocycles. The van der Waals surface area contributed by atoms with Crippen LogP contribution in [0.4, 0.5) is 5.82 Å². The van der Waals surface area contributed by atoms with Crippen LogP contribution >= 0.6 is 0 Å². The summed E-state index contributed by atoms with van der Waals surface area (Å²) in [6.07, 6.45) is 2.79. The number of benzene rings is 2. The number of hydrogen-bond acceptors (Lipinski definition) is 10. The summed E-state index contributed by atoms with van der Waals surface area (Å²) in [5.74, 6) is 0.436. The van der Waals surface area contributed by atoms with Gasteiger partial charge in [-0.05, 0) is 50.9 Å².